The van der Waals surface area contributed by atoms with Gasteiger partial charge in [-0.15, -0.1) is 0 Å². The number of nitrogens with zero attached hydrogens (tertiary/aromatic N) is 1. The number of hydrogen-bond acceptors (Lipinski definition) is 4. The SMILES string of the molecule is C=C(C(=O)C1CC2COCC(C1)N2C(=O)OCC1c2ccccc2-c2ccccc21)c1ccccc1. The lowest BCUT2D eigenvalue weighted by molar-refractivity contribution is -0.125. The van der Waals surface area contributed by atoms with Crippen molar-refractivity contribution in [2.75, 3.05) is 19.8 Å². The molecule has 0 N–H and O–H groups in total. The molecule has 36 heavy (non-hydrogen) atoms. The van der Waals surface area contributed by atoms with Crippen molar-refractivity contribution in [1.29, 1.82) is 0 Å². The van der Waals surface area contributed by atoms with Gasteiger partial charge in [-0.3, -0.25) is 9.69 Å². The predicted octanol–water partition coefficient (Wildman–Crippen LogP) is 5.70. The molecule has 3 aromatic carbocycles. The minimum atomic E-state index is -0.317. The summed E-state index contributed by atoms with van der Waals surface area (Å²) < 4.78 is 11.7. The summed E-state index contributed by atoms with van der Waals surface area (Å²) in [5.74, 6) is -0.0923. The monoisotopic (exact) mass is 479 g/mol. The average molecular weight is 480 g/mol. The molecule has 182 valence electrons. The number of rotatable bonds is 5. The molecule has 0 saturated carbocycles. The first-order chi connectivity index (χ1) is 17.6. The van der Waals surface area contributed by atoms with E-state index in [1.165, 1.54) is 22.3 Å². The normalized spacial score (nSPS) is 22.4. The van der Waals surface area contributed by atoms with E-state index in [9.17, 15) is 9.59 Å². The minimum Gasteiger partial charge on any atom is -0.448 e. The number of morpholine rings is 1. The Kier molecular flexibility index (Phi) is 5.94. The van der Waals surface area contributed by atoms with Crippen LogP contribution in [0.4, 0.5) is 4.79 Å². The number of piperidine rings is 1. The second kappa shape index (κ2) is 9.40. The van der Waals surface area contributed by atoms with Crippen molar-refractivity contribution in [2.45, 2.75) is 30.8 Å². The maximum atomic E-state index is 13.4. The number of allylic oxidation sites excluding steroid dienone is 1. The van der Waals surface area contributed by atoms with E-state index in [4.69, 9.17) is 9.47 Å². The summed E-state index contributed by atoms with van der Waals surface area (Å²) in [5.41, 5.74) is 6.18. The fourth-order valence-corrected chi connectivity index (χ4v) is 6.12. The second-order valence-corrected chi connectivity index (χ2v) is 9.93. The van der Waals surface area contributed by atoms with Gasteiger partial charge in [0.1, 0.15) is 6.61 Å². The Morgan fingerprint density at radius 3 is 2.00 bits per heavy atom. The van der Waals surface area contributed by atoms with Gasteiger partial charge in [-0.2, -0.15) is 0 Å². The van der Waals surface area contributed by atoms with Gasteiger partial charge in [0.25, 0.3) is 0 Å². The summed E-state index contributed by atoms with van der Waals surface area (Å²) in [4.78, 5) is 28.5. The molecule has 1 amide bonds. The van der Waals surface area contributed by atoms with E-state index >= 15 is 0 Å². The molecule has 2 unspecified atom stereocenters. The molecule has 2 aliphatic heterocycles. The Balaban J connectivity index is 1.15. The largest absolute Gasteiger partial charge is 0.448 e. The number of Topliss-reactive ketones (excluding diaryl/α,β-unsaturated/α-hetero) is 1. The fraction of sp³-hybridized carbons (Fsp3) is 0.290. The van der Waals surface area contributed by atoms with Crippen molar-refractivity contribution in [1.82, 2.24) is 4.90 Å². The molecule has 6 rings (SSSR count). The van der Waals surface area contributed by atoms with E-state index in [1.807, 2.05) is 59.5 Å². The molecule has 2 fully saturated rings. The Morgan fingerprint density at radius 2 is 1.39 bits per heavy atom. The van der Waals surface area contributed by atoms with Gasteiger partial charge in [0.2, 0.25) is 0 Å². The molecule has 1 aliphatic carbocycles. The molecule has 2 saturated heterocycles. The van der Waals surface area contributed by atoms with Crippen molar-refractivity contribution in [3.8, 4) is 11.1 Å². The molecule has 2 heterocycles. The smallest absolute Gasteiger partial charge is 0.410 e. The van der Waals surface area contributed by atoms with E-state index in [2.05, 4.69) is 30.8 Å². The van der Waals surface area contributed by atoms with Crippen molar-refractivity contribution in [2.24, 2.45) is 5.92 Å². The molecule has 2 atom stereocenters. The second-order valence-electron chi connectivity index (χ2n) is 9.93. The number of carbonyl (C=O) groups excluding carboxylic acids is 2. The highest BCUT2D eigenvalue weighted by Gasteiger charge is 2.45. The molecule has 0 aromatic heterocycles. The maximum absolute atomic E-state index is 13.4. The number of ketones is 1. The summed E-state index contributed by atoms with van der Waals surface area (Å²) in [7, 11) is 0. The molecule has 3 aliphatic rings. The topological polar surface area (TPSA) is 55.8 Å². The van der Waals surface area contributed by atoms with Gasteiger partial charge in [0.05, 0.1) is 25.3 Å². The highest BCUT2D eigenvalue weighted by atomic mass is 16.6. The van der Waals surface area contributed by atoms with Gasteiger partial charge in [-0.05, 0) is 40.7 Å². The van der Waals surface area contributed by atoms with Crippen LogP contribution in [0.5, 0.6) is 0 Å². The van der Waals surface area contributed by atoms with Gasteiger partial charge in [0.15, 0.2) is 5.78 Å². The molecule has 0 radical (unpaired) electrons. The highest BCUT2D eigenvalue weighted by molar-refractivity contribution is 6.21. The fourth-order valence-electron chi connectivity index (χ4n) is 6.12. The minimum absolute atomic E-state index is 0.0192. The maximum Gasteiger partial charge on any atom is 0.410 e. The van der Waals surface area contributed by atoms with Gasteiger partial charge >= 0.3 is 6.09 Å². The van der Waals surface area contributed by atoms with Gasteiger partial charge < -0.3 is 9.47 Å². The van der Waals surface area contributed by atoms with Crippen LogP contribution >= 0.6 is 0 Å². The number of ether oxygens (including phenoxy) is 2. The first-order valence-electron chi connectivity index (χ1n) is 12.6. The standard InChI is InChI=1S/C31H29NO4/c1-20(21-9-3-2-4-10-21)30(33)22-15-23-17-35-18-24(16-22)32(23)31(34)36-19-29-27-13-7-5-11-25(27)26-12-6-8-14-28(26)29/h2-14,22-24,29H,1,15-19H2. The van der Waals surface area contributed by atoms with Crippen molar-refractivity contribution >= 4 is 17.4 Å². The predicted molar refractivity (Wildman–Crippen MR) is 139 cm³/mol. The third-order valence-electron chi connectivity index (χ3n) is 7.86. The number of fused-ring (bicyclic) bond motifs is 5. The quantitative estimate of drug-likeness (QED) is 0.441. The Labute approximate surface area is 211 Å². The van der Waals surface area contributed by atoms with Crippen LogP contribution in [0.1, 0.15) is 35.4 Å². The van der Waals surface area contributed by atoms with Gasteiger partial charge in [-0.1, -0.05) is 85.4 Å². The molecular formula is C31H29NO4. The van der Waals surface area contributed by atoms with E-state index in [0.717, 1.165) is 5.56 Å². The van der Waals surface area contributed by atoms with Crippen LogP contribution in [0.3, 0.4) is 0 Å². The van der Waals surface area contributed by atoms with Crippen molar-refractivity contribution in [3.05, 3.63) is 102 Å². The third kappa shape index (κ3) is 3.94. The van der Waals surface area contributed by atoms with Gasteiger partial charge in [-0.25, -0.2) is 4.79 Å². The first-order valence-corrected chi connectivity index (χ1v) is 12.6. The lowest BCUT2D eigenvalue weighted by Gasteiger charge is -2.47. The van der Waals surface area contributed by atoms with Crippen LogP contribution in [0, 0.1) is 5.92 Å². The highest BCUT2D eigenvalue weighted by Crippen LogP contribution is 2.45. The van der Waals surface area contributed by atoms with Crippen LogP contribution in [-0.4, -0.2) is 48.7 Å². The third-order valence-corrected chi connectivity index (χ3v) is 7.86. The Hall–Kier alpha value is -3.70. The zero-order chi connectivity index (χ0) is 24.6. The van der Waals surface area contributed by atoms with Crippen molar-refractivity contribution < 1.29 is 19.1 Å². The van der Waals surface area contributed by atoms with E-state index < -0.39 is 0 Å². The van der Waals surface area contributed by atoms with Crippen LogP contribution in [-0.2, 0) is 14.3 Å². The Bertz CT molecular complexity index is 1260. The number of amides is 1. The number of carbonyl (C=O) groups is 2. The molecular weight excluding hydrogens is 450 g/mol. The first kappa shape index (κ1) is 22.7. The molecule has 5 heteroatoms. The Morgan fingerprint density at radius 1 is 0.833 bits per heavy atom. The molecule has 3 aromatic rings. The summed E-state index contributed by atoms with van der Waals surface area (Å²) in [5, 5.41) is 0. The molecule has 2 bridgehead atoms. The zero-order valence-corrected chi connectivity index (χ0v) is 20.1. The average Bonchev–Trinajstić information content (AvgIpc) is 3.24. The van der Waals surface area contributed by atoms with Crippen molar-refractivity contribution in [3.63, 3.8) is 0 Å². The van der Waals surface area contributed by atoms with E-state index in [0.29, 0.717) is 31.6 Å². The number of hydrogen-bond donors (Lipinski definition) is 0. The summed E-state index contributed by atoms with van der Waals surface area (Å²) in [6.45, 7) is 5.20. The van der Waals surface area contributed by atoms with E-state index in [1.54, 1.807) is 0 Å². The lowest BCUT2D eigenvalue weighted by Crippen LogP contribution is -2.60. The lowest BCUT2D eigenvalue weighted by atomic mass is 9.80. The van der Waals surface area contributed by atoms with Crippen LogP contribution in [0.2, 0.25) is 0 Å². The number of benzene rings is 3. The van der Waals surface area contributed by atoms with Crippen LogP contribution in [0.15, 0.2) is 85.4 Å². The van der Waals surface area contributed by atoms with Crippen LogP contribution < -0.4 is 0 Å². The molecule has 5 nitrogen and oxygen atoms in total. The summed E-state index contributed by atoms with van der Waals surface area (Å²) >= 11 is 0. The zero-order valence-electron chi connectivity index (χ0n) is 20.1. The van der Waals surface area contributed by atoms with Crippen LogP contribution in [0.25, 0.3) is 16.7 Å². The van der Waals surface area contributed by atoms with Gasteiger partial charge in [0, 0.05) is 17.4 Å². The summed E-state index contributed by atoms with van der Waals surface area (Å²) in [6.07, 6.45) is 0.805. The van der Waals surface area contributed by atoms with E-state index in [-0.39, 0.29) is 42.4 Å². The summed E-state index contributed by atoms with van der Waals surface area (Å²) in [6, 6.07) is 25.9. The molecule has 0 spiro atoms.